The number of ether oxygens (including phenoxy) is 4. The van der Waals surface area contributed by atoms with Crippen molar-refractivity contribution in [3.63, 3.8) is 0 Å². The Bertz CT molecular complexity index is 1570. The summed E-state index contributed by atoms with van der Waals surface area (Å²) in [5, 5.41) is 0.510. The van der Waals surface area contributed by atoms with Gasteiger partial charge in [0.2, 0.25) is 10.0 Å². The van der Waals surface area contributed by atoms with Gasteiger partial charge in [-0.3, -0.25) is 4.72 Å². The number of aromatic amines is 1. The quantitative estimate of drug-likeness (QED) is 0.230. The average molecular weight is 678 g/mol. The third kappa shape index (κ3) is 10.5. The fourth-order valence-electron chi connectivity index (χ4n) is 3.93. The smallest absolute Gasteiger partial charge is 0.387 e. The van der Waals surface area contributed by atoms with E-state index in [1.54, 1.807) is 0 Å². The second-order valence-electron chi connectivity index (χ2n) is 9.68. The van der Waals surface area contributed by atoms with Crippen LogP contribution in [0.3, 0.4) is 0 Å². The molecule has 1 aliphatic rings. The number of pyridine rings is 1. The molecule has 0 aliphatic heterocycles. The predicted molar refractivity (Wildman–Crippen MR) is 154 cm³/mol. The molecule has 16 heteroatoms. The minimum absolute atomic E-state index is 0. The normalized spacial score (nSPS) is 13.4. The van der Waals surface area contributed by atoms with Gasteiger partial charge in [0.05, 0.1) is 18.4 Å². The van der Waals surface area contributed by atoms with Gasteiger partial charge in [0, 0.05) is 17.7 Å². The van der Waals surface area contributed by atoms with Crippen molar-refractivity contribution in [3.8, 4) is 11.5 Å². The van der Waals surface area contributed by atoms with E-state index in [1.807, 2.05) is 0 Å². The number of sulfonamides is 1. The van der Waals surface area contributed by atoms with Crippen LogP contribution in [0, 0.1) is 5.92 Å². The van der Waals surface area contributed by atoms with Crippen LogP contribution in [0.4, 0.5) is 14.5 Å². The summed E-state index contributed by atoms with van der Waals surface area (Å²) in [4.78, 5) is 28.2. The Kier molecular flexibility index (Phi) is 12.1. The molecule has 0 spiro atoms. The summed E-state index contributed by atoms with van der Waals surface area (Å²) in [6.45, 7) is -3.57. The maximum absolute atomic E-state index is 13.0. The van der Waals surface area contributed by atoms with Crippen LogP contribution in [0.15, 0.2) is 54.9 Å². The first-order valence-electron chi connectivity index (χ1n) is 12.9. The van der Waals surface area contributed by atoms with Gasteiger partial charge >= 0.3 is 18.6 Å². The molecule has 238 valence electrons. The van der Waals surface area contributed by atoms with Crippen LogP contribution in [0.5, 0.6) is 11.5 Å². The van der Waals surface area contributed by atoms with Gasteiger partial charge in [0.1, 0.15) is 16.1 Å². The van der Waals surface area contributed by atoms with E-state index >= 15 is 0 Å². The number of esters is 2. The Morgan fingerprint density at radius 2 is 1.77 bits per heavy atom. The van der Waals surface area contributed by atoms with Crippen LogP contribution in [-0.2, 0) is 30.7 Å². The Morgan fingerprint density at radius 1 is 1.07 bits per heavy atom. The zero-order chi connectivity index (χ0) is 31.1. The molecule has 1 aliphatic carbocycles. The van der Waals surface area contributed by atoms with Crippen molar-refractivity contribution in [2.45, 2.75) is 32.0 Å². The maximum atomic E-state index is 13.0. The number of H-pyrrole nitrogens is 1. The lowest BCUT2D eigenvalue weighted by Gasteiger charge is -2.21. The maximum Gasteiger partial charge on any atom is 0.387 e. The van der Waals surface area contributed by atoms with Gasteiger partial charge in [-0.15, -0.1) is 0 Å². The van der Waals surface area contributed by atoms with E-state index in [-0.39, 0.29) is 44.7 Å². The van der Waals surface area contributed by atoms with Crippen LogP contribution in [-0.4, -0.2) is 51.9 Å². The van der Waals surface area contributed by atoms with E-state index in [1.165, 1.54) is 54.9 Å². The van der Waals surface area contributed by atoms with Crippen LogP contribution in [0.2, 0.25) is 10.0 Å². The molecule has 11 nitrogen and oxygen atoms in total. The fraction of sp³-hybridized carbons (Fsp3) is 0.321. The molecule has 0 unspecified atom stereocenters. The second kappa shape index (κ2) is 15.3. The van der Waals surface area contributed by atoms with Gasteiger partial charge in [0.25, 0.3) is 0 Å². The number of carbonyl (C=O) groups excluding carboxylic acids is 2. The van der Waals surface area contributed by atoms with Crippen LogP contribution < -0.4 is 19.2 Å². The molecule has 3 aromatic rings. The second-order valence-corrected chi connectivity index (χ2v) is 12.2. The minimum Gasteiger partial charge on any atom is -0.870 e. The van der Waals surface area contributed by atoms with E-state index in [0.717, 1.165) is 19.1 Å². The Labute approximate surface area is 261 Å². The van der Waals surface area contributed by atoms with Gasteiger partial charge in [-0.2, -0.15) is 8.78 Å². The molecule has 3 N–H and O–H groups in total. The fourth-order valence-corrected chi connectivity index (χ4v) is 5.02. The first-order chi connectivity index (χ1) is 20.4. The third-order valence-corrected chi connectivity index (χ3v) is 7.39. The summed E-state index contributed by atoms with van der Waals surface area (Å²) < 4.78 is 72.4. The van der Waals surface area contributed by atoms with Crippen LogP contribution >= 0.6 is 23.2 Å². The number of anilines is 1. The highest BCUT2D eigenvalue weighted by Gasteiger charge is 2.26. The molecule has 2 aromatic carbocycles. The van der Waals surface area contributed by atoms with Crippen molar-refractivity contribution in [3.05, 3.63) is 81.6 Å². The Balaban J connectivity index is 0.00000529. The van der Waals surface area contributed by atoms with Gasteiger partial charge in [-0.25, -0.2) is 23.0 Å². The third-order valence-electron chi connectivity index (χ3n) is 6.11. The highest BCUT2D eigenvalue weighted by molar-refractivity contribution is 7.92. The molecular formula is C28H28Cl2F2N2O9S. The van der Waals surface area contributed by atoms with Gasteiger partial charge in [-0.05, 0) is 54.7 Å². The number of alkyl halides is 2. The molecule has 1 atom stereocenters. The first kappa shape index (κ1) is 34.8. The summed E-state index contributed by atoms with van der Waals surface area (Å²) in [6.07, 6.45) is 4.77. The molecule has 0 bridgehead atoms. The average Bonchev–Trinajstić information content (AvgIpc) is 3.76. The largest absolute Gasteiger partial charge is 0.870 e. The molecule has 0 amide bonds. The Hall–Kier alpha value is -3.72. The van der Waals surface area contributed by atoms with E-state index in [0.29, 0.717) is 23.7 Å². The SMILES string of the molecule is CS(=O)(=O)Nc1cccc(C(=O)OCC(=O)O[C@@H](Cc2c(Cl)c[nH+]cc2Cl)c2ccc(OC(F)F)c(OCC3CC3)c2)c1.[OH-]. The lowest BCUT2D eigenvalue weighted by Crippen LogP contribution is -2.21. The molecule has 44 heavy (non-hydrogen) atoms. The monoisotopic (exact) mass is 676 g/mol. The number of rotatable bonds is 14. The molecule has 1 fully saturated rings. The first-order valence-corrected chi connectivity index (χ1v) is 15.5. The number of aromatic nitrogens is 1. The molecule has 0 radical (unpaired) electrons. The zero-order valence-electron chi connectivity index (χ0n) is 23.1. The van der Waals surface area contributed by atoms with Crippen molar-refractivity contribution in [2.75, 3.05) is 24.2 Å². The van der Waals surface area contributed by atoms with Crippen LogP contribution in [0.1, 0.15) is 40.4 Å². The molecule has 4 rings (SSSR count). The summed E-state index contributed by atoms with van der Waals surface area (Å²) in [5.74, 6) is -1.67. The van der Waals surface area contributed by atoms with Gasteiger partial charge in [-0.1, -0.05) is 35.3 Å². The molecule has 1 heterocycles. The van der Waals surface area contributed by atoms with E-state index in [2.05, 4.69) is 14.4 Å². The van der Waals surface area contributed by atoms with E-state index < -0.39 is 41.3 Å². The summed E-state index contributed by atoms with van der Waals surface area (Å²) in [5.41, 5.74) is 0.906. The predicted octanol–water partition coefficient (Wildman–Crippen LogP) is 5.08. The number of hydrogen-bond donors (Lipinski definition) is 1. The molecule has 0 saturated heterocycles. The molecule has 1 saturated carbocycles. The zero-order valence-corrected chi connectivity index (χ0v) is 25.4. The summed E-state index contributed by atoms with van der Waals surface area (Å²) >= 11 is 12.7. The lowest BCUT2D eigenvalue weighted by molar-refractivity contribution is -0.377. The summed E-state index contributed by atoms with van der Waals surface area (Å²) in [7, 11) is -3.59. The van der Waals surface area contributed by atoms with Crippen LogP contribution in [0.25, 0.3) is 0 Å². The topological polar surface area (TPSA) is 161 Å². The van der Waals surface area contributed by atoms with Crippen molar-refractivity contribution in [1.82, 2.24) is 0 Å². The lowest BCUT2D eigenvalue weighted by atomic mass is 10.0. The van der Waals surface area contributed by atoms with Gasteiger partial charge in [0.15, 0.2) is 30.5 Å². The van der Waals surface area contributed by atoms with Crippen molar-refractivity contribution in [2.24, 2.45) is 5.92 Å². The highest BCUT2D eigenvalue weighted by Crippen LogP contribution is 2.37. The number of hydrogen-bond acceptors (Lipinski definition) is 9. The number of benzene rings is 2. The van der Waals surface area contributed by atoms with Gasteiger partial charge < -0.3 is 24.4 Å². The number of halogens is 4. The van der Waals surface area contributed by atoms with E-state index in [9.17, 15) is 26.8 Å². The number of nitrogens with one attached hydrogen (secondary N) is 2. The van der Waals surface area contributed by atoms with Crippen molar-refractivity contribution < 1.29 is 56.2 Å². The van der Waals surface area contributed by atoms with Crippen molar-refractivity contribution in [1.29, 1.82) is 0 Å². The standard InChI is InChI=1S/C28H26Cl2F2N2O8S.H2O/c1-43(37,38)34-19-4-2-3-18(9-19)27(36)40-15-26(35)41-24(11-20-21(29)12-33-13-22(20)30)17-7-8-23(42-28(31)32)25(10-17)39-14-16-5-6-16;/h2-4,7-10,12-13,16,24,28,34H,5-6,11,14-15H2,1H3;1H2/t24-;/m0./s1. The number of carbonyl (C=O) groups is 2. The Morgan fingerprint density at radius 3 is 2.41 bits per heavy atom. The molecule has 1 aromatic heterocycles. The van der Waals surface area contributed by atoms with Crippen molar-refractivity contribution >= 4 is 50.9 Å². The van der Waals surface area contributed by atoms with E-state index in [4.69, 9.17) is 37.4 Å². The highest BCUT2D eigenvalue weighted by atomic mass is 35.5. The summed E-state index contributed by atoms with van der Waals surface area (Å²) in [6, 6.07) is 9.66. The molecular weight excluding hydrogens is 649 g/mol. The minimum atomic E-state index is -3.59.